The molecule has 1 heterocycles. The summed E-state index contributed by atoms with van der Waals surface area (Å²) in [6.45, 7) is 9.27. The molecule has 20 heavy (non-hydrogen) atoms. The molecule has 0 atom stereocenters. The van der Waals surface area contributed by atoms with Crippen LogP contribution in [-0.2, 0) is 0 Å². The average molecular weight is 280 g/mol. The van der Waals surface area contributed by atoms with Gasteiger partial charge in [0.2, 0.25) is 0 Å². The van der Waals surface area contributed by atoms with E-state index in [1.165, 1.54) is 12.1 Å². The van der Waals surface area contributed by atoms with Crippen molar-refractivity contribution in [2.24, 2.45) is 5.92 Å². The highest BCUT2D eigenvalue weighted by atomic mass is 16.6. The number of nitrogens with zero attached hydrogens (tertiary/aromatic N) is 3. The fourth-order valence-corrected chi connectivity index (χ4v) is 2.33. The third-order valence-electron chi connectivity index (χ3n) is 3.27. The van der Waals surface area contributed by atoms with Crippen molar-refractivity contribution < 1.29 is 4.92 Å². The van der Waals surface area contributed by atoms with Gasteiger partial charge >= 0.3 is 0 Å². The lowest BCUT2D eigenvalue weighted by molar-refractivity contribution is -0.384. The normalized spacial score (nSPS) is 11.1. The Morgan fingerprint density at radius 2 is 1.95 bits per heavy atom. The molecule has 6 heteroatoms. The maximum atomic E-state index is 11.0. The van der Waals surface area contributed by atoms with E-state index in [1.54, 1.807) is 0 Å². The predicted octanol–water partition coefficient (Wildman–Crippen LogP) is 3.22. The summed E-state index contributed by atoms with van der Waals surface area (Å²) < 4.78 is 0. The van der Waals surface area contributed by atoms with Gasteiger partial charge in [-0.2, -0.15) is 0 Å². The molecule has 2 N–H and O–H groups in total. The molecule has 0 saturated heterocycles. The van der Waals surface area contributed by atoms with Gasteiger partial charge in [0.25, 0.3) is 5.69 Å². The molecule has 0 fully saturated rings. The van der Waals surface area contributed by atoms with E-state index in [2.05, 4.69) is 37.6 Å². The van der Waals surface area contributed by atoms with E-state index >= 15 is 0 Å². The number of nitrogens with two attached hydrogens (primary N) is 1. The highest BCUT2D eigenvalue weighted by Crippen LogP contribution is 2.26. The van der Waals surface area contributed by atoms with Gasteiger partial charge in [0.05, 0.1) is 17.1 Å². The van der Waals surface area contributed by atoms with Gasteiger partial charge in [0, 0.05) is 12.6 Å². The van der Waals surface area contributed by atoms with Crippen LogP contribution in [0.4, 0.5) is 17.3 Å². The van der Waals surface area contributed by atoms with Crippen LogP contribution in [0.25, 0.3) is 0 Å². The third kappa shape index (κ3) is 4.08. The molecule has 0 spiro atoms. The Bertz CT molecular complexity index is 458. The second-order valence-electron chi connectivity index (χ2n) is 5.38. The van der Waals surface area contributed by atoms with Crippen molar-refractivity contribution in [2.75, 3.05) is 17.2 Å². The van der Waals surface area contributed by atoms with Crippen LogP contribution in [0.15, 0.2) is 12.1 Å². The first-order chi connectivity index (χ1) is 9.38. The summed E-state index contributed by atoms with van der Waals surface area (Å²) in [6, 6.07) is 3.12. The zero-order valence-corrected chi connectivity index (χ0v) is 12.7. The first-order valence-corrected chi connectivity index (χ1v) is 7.07. The Kier molecular flexibility index (Phi) is 5.73. The molecule has 0 bridgehead atoms. The maximum absolute atomic E-state index is 11.0. The molecule has 0 aliphatic carbocycles. The van der Waals surface area contributed by atoms with Crippen molar-refractivity contribution in [1.82, 2.24) is 4.98 Å². The molecule has 0 unspecified atom stereocenters. The average Bonchev–Trinajstić information content (AvgIpc) is 2.37. The molecule has 6 nitrogen and oxygen atoms in total. The minimum Gasteiger partial charge on any atom is -0.383 e. The monoisotopic (exact) mass is 280 g/mol. The first-order valence-electron chi connectivity index (χ1n) is 7.07. The Hall–Kier alpha value is -1.85. The fourth-order valence-electron chi connectivity index (χ4n) is 2.33. The minimum absolute atomic E-state index is 0.00721. The zero-order valence-electron chi connectivity index (χ0n) is 12.7. The Balaban J connectivity index is 3.21. The molecular weight excluding hydrogens is 256 g/mol. The third-order valence-corrected chi connectivity index (χ3v) is 3.27. The second-order valence-corrected chi connectivity index (χ2v) is 5.38. The van der Waals surface area contributed by atoms with Gasteiger partial charge < -0.3 is 10.6 Å². The van der Waals surface area contributed by atoms with Gasteiger partial charge in [-0.05, 0) is 18.8 Å². The lowest BCUT2D eigenvalue weighted by atomic mass is 10.1. The maximum Gasteiger partial charge on any atom is 0.276 e. The summed E-state index contributed by atoms with van der Waals surface area (Å²) in [7, 11) is 0. The summed E-state index contributed by atoms with van der Waals surface area (Å²) in [4.78, 5) is 17.0. The lowest BCUT2D eigenvalue weighted by Gasteiger charge is -2.33. The van der Waals surface area contributed by atoms with Crippen molar-refractivity contribution in [3.8, 4) is 0 Å². The Morgan fingerprint density at radius 3 is 2.40 bits per heavy atom. The molecule has 0 saturated carbocycles. The highest BCUT2D eigenvalue weighted by Gasteiger charge is 2.21. The van der Waals surface area contributed by atoms with E-state index in [1.807, 2.05) is 0 Å². The van der Waals surface area contributed by atoms with E-state index in [4.69, 9.17) is 5.73 Å². The summed E-state index contributed by atoms with van der Waals surface area (Å²) in [5.41, 5.74) is 5.70. The summed E-state index contributed by atoms with van der Waals surface area (Å²) in [5, 5.41) is 11.0. The van der Waals surface area contributed by atoms with Gasteiger partial charge in [0.15, 0.2) is 0 Å². The van der Waals surface area contributed by atoms with Crippen LogP contribution < -0.4 is 10.6 Å². The summed E-state index contributed by atoms with van der Waals surface area (Å²) in [5.74, 6) is 1.23. The zero-order chi connectivity index (χ0) is 15.3. The topological polar surface area (TPSA) is 85.3 Å². The van der Waals surface area contributed by atoms with Crippen LogP contribution in [0.3, 0.4) is 0 Å². The van der Waals surface area contributed by atoms with Gasteiger partial charge in [0.1, 0.15) is 11.6 Å². The van der Waals surface area contributed by atoms with Crippen LogP contribution in [0, 0.1) is 16.0 Å². The first kappa shape index (κ1) is 16.2. The van der Waals surface area contributed by atoms with E-state index in [0.717, 1.165) is 19.4 Å². The molecular formula is C14H24N4O2. The number of rotatable bonds is 7. The van der Waals surface area contributed by atoms with E-state index < -0.39 is 4.92 Å². The van der Waals surface area contributed by atoms with Gasteiger partial charge in [-0.1, -0.05) is 27.7 Å². The molecule has 1 aromatic heterocycles. The SMILES string of the molecule is CCC(CC)N(CC(C)C)c1cc([N+](=O)[O-])cc(N)n1. The van der Waals surface area contributed by atoms with Crippen molar-refractivity contribution in [3.63, 3.8) is 0 Å². The van der Waals surface area contributed by atoms with Crippen LogP contribution in [0.2, 0.25) is 0 Å². The number of aromatic nitrogens is 1. The second kappa shape index (κ2) is 7.07. The van der Waals surface area contributed by atoms with Gasteiger partial charge in [-0.15, -0.1) is 0 Å². The molecule has 0 amide bonds. The molecule has 0 aromatic carbocycles. The largest absolute Gasteiger partial charge is 0.383 e. The predicted molar refractivity (Wildman–Crippen MR) is 81.9 cm³/mol. The summed E-state index contributed by atoms with van der Waals surface area (Å²) in [6.07, 6.45) is 1.93. The number of hydrogen-bond acceptors (Lipinski definition) is 5. The minimum atomic E-state index is -0.429. The molecule has 0 aliphatic rings. The smallest absolute Gasteiger partial charge is 0.276 e. The highest BCUT2D eigenvalue weighted by molar-refractivity contribution is 5.54. The number of nitrogen functional groups attached to an aromatic ring is 1. The van der Waals surface area contributed by atoms with Crippen molar-refractivity contribution in [1.29, 1.82) is 0 Å². The van der Waals surface area contributed by atoms with Crippen LogP contribution in [0.5, 0.6) is 0 Å². The Morgan fingerprint density at radius 1 is 1.35 bits per heavy atom. The molecule has 0 radical (unpaired) electrons. The Labute approximate surface area is 120 Å². The van der Waals surface area contributed by atoms with Crippen LogP contribution >= 0.6 is 0 Å². The van der Waals surface area contributed by atoms with Crippen LogP contribution in [0.1, 0.15) is 40.5 Å². The number of hydrogen-bond donors (Lipinski definition) is 1. The van der Waals surface area contributed by atoms with Crippen LogP contribution in [-0.4, -0.2) is 22.5 Å². The van der Waals surface area contributed by atoms with E-state index in [-0.39, 0.29) is 11.5 Å². The molecule has 112 valence electrons. The quantitative estimate of drug-likeness (QED) is 0.612. The van der Waals surface area contributed by atoms with E-state index in [9.17, 15) is 10.1 Å². The number of pyridine rings is 1. The molecule has 1 aromatic rings. The fraction of sp³-hybridized carbons (Fsp3) is 0.643. The molecule has 1 rings (SSSR count). The number of nitro groups is 1. The lowest BCUT2D eigenvalue weighted by Crippen LogP contribution is -2.38. The number of anilines is 2. The van der Waals surface area contributed by atoms with Gasteiger partial charge in [-0.25, -0.2) is 4.98 Å². The van der Waals surface area contributed by atoms with Gasteiger partial charge in [-0.3, -0.25) is 10.1 Å². The van der Waals surface area contributed by atoms with Crippen molar-refractivity contribution in [3.05, 3.63) is 22.2 Å². The molecule has 0 aliphatic heterocycles. The van der Waals surface area contributed by atoms with E-state index in [0.29, 0.717) is 17.8 Å². The van der Waals surface area contributed by atoms with Crippen molar-refractivity contribution in [2.45, 2.75) is 46.6 Å². The summed E-state index contributed by atoms with van der Waals surface area (Å²) >= 11 is 0. The van der Waals surface area contributed by atoms with Crippen molar-refractivity contribution >= 4 is 17.3 Å². The standard InChI is InChI=1S/C14H24N4O2/c1-5-11(6-2)17(9-10(3)4)14-8-12(18(19)20)7-13(15)16-14/h7-8,10-11H,5-6,9H2,1-4H3,(H2,15,16).